The Bertz CT molecular complexity index is 724. The molecule has 1 amide bonds. The fraction of sp³-hybridized carbons (Fsp3) is 0.500. The van der Waals surface area contributed by atoms with Gasteiger partial charge in [-0.15, -0.1) is 11.3 Å². The highest BCUT2D eigenvalue weighted by Gasteiger charge is 2.27. The van der Waals surface area contributed by atoms with Gasteiger partial charge in [-0.2, -0.15) is 0 Å². The number of carbonyl (C=O) groups excluding carboxylic acids is 1. The highest BCUT2D eigenvalue weighted by Crippen LogP contribution is 2.14. The van der Waals surface area contributed by atoms with Crippen molar-refractivity contribution in [2.24, 2.45) is 0 Å². The van der Waals surface area contributed by atoms with Crippen molar-refractivity contribution in [3.05, 3.63) is 28.1 Å². The fourth-order valence-corrected chi connectivity index (χ4v) is 3.22. The predicted molar refractivity (Wildman–Crippen MR) is 80.5 cm³/mol. The van der Waals surface area contributed by atoms with E-state index in [4.69, 9.17) is 4.74 Å². The Balaban J connectivity index is 1.82. The van der Waals surface area contributed by atoms with Gasteiger partial charge in [0.1, 0.15) is 11.4 Å². The number of aromatic nitrogens is 2. The van der Waals surface area contributed by atoms with Crippen LogP contribution >= 0.6 is 11.3 Å². The minimum Gasteiger partial charge on any atom is -0.375 e. The van der Waals surface area contributed by atoms with E-state index in [-0.39, 0.29) is 30.2 Å². The first-order chi connectivity index (χ1) is 10.1. The van der Waals surface area contributed by atoms with Gasteiger partial charge in [-0.1, -0.05) is 0 Å². The average Bonchev–Trinajstić information content (AvgIpc) is 2.93. The van der Waals surface area contributed by atoms with Crippen LogP contribution in [0.3, 0.4) is 0 Å². The minimum atomic E-state index is -0.163. The lowest BCUT2D eigenvalue weighted by atomic mass is 10.2. The van der Waals surface area contributed by atoms with Gasteiger partial charge in [-0.3, -0.25) is 14.2 Å². The Labute approximate surface area is 126 Å². The summed E-state index contributed by atoms with van der Waals surface area (Å²) < 4.78 is 6.90. The topological polar surface area (TPSA) is 64.4 Å². The SMILES string of the molecule is CC1CN(C(=O)Cn2cnc3sccc3c2=O)C(C)CO1. The van der Waals surface area contributed by atoms with Gasteiger partial charge in [0.05, 0.1) is 30.5 Å². The molecule has 0 aliphatic carbocycles. The molecule has 0 aromatic carbocycles. The number of thiophene rings is 1. The molecule has 2 unspecified atom stereocenters. The van der Waals surface area contributed by atoms with Crippen LogP contribution < -0.4 is 5.56 Å². The average molecular weight is 307 g/mol. The van der Waals surface area contributed by atoms with Crippen LogP contribution in [-0.4, -0.2) is 45.7 Å². The number of rotatable bonds is 2. The van der Waals surface area contributed by atoms with Crippen molar-refractivity contribution in [1.82, 2.24) is 14.5 Å². The molecule has 2 aromatic heterocycles. The molecule has 1 aliphatic heterocycles. The van der Waals surface area contributed by atoms with E-state index in [0.717, 1.165) is 0 Å². The maximum atomic E-state index is 12.4. The third-order valence-electron chi connectivity index (χ3n) is 3.68. The molecule has 7 heteroatoms. The maximum absolute atomic E-state index is 12.4. The number of nitrogens with zero attached hydrogens (tertiary/aromatic N) is 3. The molecule has 3 rings (SSSR count). The van der Waals surface area contributed by atoms with Crippen LogP contribution in [-0.2, 0) is 16.1 Å². The Morgan fingerprint density at radius 3 is 3.14 bits per heavy atom. The van der Waals surface area contributed by atoms with E-state index in [0.29, 0.717) is 23.4 Å². The van der Waals surface area contributed by atoms with Crippen LogP contribution in [0.25, 0.3) is 10.2 Å². The molecule has 2 aromatic rings. The number of morpholine rings is 1. The minimum absolute atomic E-state index is 0.0225. The molecule has 0 spiro atoms. The van der Waals surface area contributed by atoms with Crippen LogP contribution in [0.2, 0.25) is 0 Å². The van der Waals surface area contributed by atoms with Gasteiger partial charge in [-0.25, -0.2) is 4.98 Å². The molecule has 1 saturated heterocycles. The van der Waals surface area contributed by atoms with Crippen LogP contribution in [0.1, 0.15) is 13.8 Å². The summed E-state index contributed by atoms with van der Waals surface area (Å²) in [5.74, 6) is -0.0730. The van der Waals surface area contributed by atoms with Gasteiger partial charge >= 0.3 is 0 Å². The predicted octanol–water partition coefficient (Wildman–Crippen LogP) is 1.09. The summed E-state index contributed by atoms with van der Waals surface area (Å²) in [5, 5.41) is 2.40. The smallest absolute Gasteiger partial charge is 0.262 e. The Hall–Kier alpha value is -1.73. The fourth-order valence-electron chi connectivity index (χ4n) is 2.49. The first-order valence-electron chi connectivity index (χ1n) is 6.90. The van der Waals surface area contributed by atoms with E-state index >= 15 is 0 Å². The van der Waals surface area contributed by atoms with Gasteiger partial charge < -0.3 is 9.64 Å². The molecule has 21 heavy (non-hydrogen) atoms. The summed E-state index contributed by atoms with van der Waals surface area (Å²) in [6.07, 6.45) is 1.48. The summed E-state index contributed by atoms with van der Waals surface area (Å²) in [5.41, 5.74) is -0.163. The van der Waals surface area contributed by atoms with E-state index in [1.807, 2.05) is 19.2 Å². The normalized spacial score (nSPS) is 22.7. The molecule has 2 atom stereocenters. The van der Waals surface area contributed by atoms with Crippen molar-refractivity contribution in [2.75, 3.05) is 13.2 Å². The molecule has 0 N–H and O–H groups in total. The molecule has 0 saturated carbocycles. The Morgan fingerprint density at radius 1 is 1.52 bits per heavy atom. The molecule has 0 radical (unpaired) electrons. The lowest BCUT2D eigenvalue weighted by Crippen LogP contribution is -2.51. The number of ether oxygens (including phenoxy) is 1. The van der Waals surface area contributed by atoms with E-state index < -0.39 is 0 Å². The first kappa shape index (κ1) is 14.2. The third-order valence-corrected chi connectivity index (χ3v) is 4.50. The van der Waals surface area contributed by atoms with Crippen LogP contribution in [0.5, 0.6) is 0 Å². The number of hydrogen-bond donors (Lipinski definition) is 0. The van der Waals surface area contributed by atoms with Crippen LogP contribution in [0.15, 0.2) is 22.6 Å². The largest absolute Gasteiger partial charge is 0.375 e. The summed E-state index contributed by atoms with van der Waals surface area (Å²) in [7, 11) is 0. The van der Waals surface area contributed by atoms with E-state index in [1.165, 1.54) is 22.2 Å². The zero-order valence-corrected chi connectivity index (χ0v) is 12.8. The maximum Gasteiger partial charge on any atom is 0.262 e. The lowest BCUT2D eigenvalue weighted by molar-refractivity contribution is -0.143. The number of amides is 1. The van der Waals surface area contributed by atoms with Gasteiger partial charge in [0.25, 0.3) is 5.56 Å². The van der Waals surface area contributed by atoms with Gasteiger partial charge in [0.15, 0.2) is 0 Å². The molecule has 6 nitrogen and oxygen atoms in total. The van der Waals surface area contributed by atoms with Gasteiger partial charge in [0.2, 0.25) is 5.91 Å². The van der Waals surface area contributed by atoms with Crippen molar-refractivity contribution in [2.45, 2.75) is 32.5 Å². The number of carbonyl (C=O) groups is 1. The summed E-state index contributed by atoms with van der Waals surface area (Å²) in [6, 6.07) is 1.78. The molecule has 112 valence electrons. The third kappa shape index (κ3) is 2.71. The number of hydrogen-bond acceptors (Lipinski definition) is 5. The second-order valence-electron chi connectivity index (χ2n) is 5.36. The Morgan fingerprint density at radius 2 is 2.33 bits per heavy atom. The van der Waals surface area contributed by atoms with Crippen molar-refractivity contribution >= 4 is 27.5 Å². The number of fused-ring (bicyclic) bond motifs is 1. The summed E-state index contributed by atoms with van der Waals surface area (Å²) in [6.45, 7) is 5.01. The zero-order chi connectivity index (χ0) is 15.0. The van der Waals surface area contributed by atoms with E-state index in [2.05, 4.69) is 4.98 Å². The van der Waals surface area contributed by atoms with Crippen molar-refractivity contribution in [3.63, 3.8) is 0 Å². The zero-order valence-electron chi connectivity index (χ0n) is 12.0. The quantitative estimate of drug-likeness (QED) is 0.833. The molecule has 1 aliphatic rings. The van der Waals surface area contributed by atoms with Crippen molar-refractivity contribution < 1.29 is 9.53 Å². The highest BCUT2D eigenvalue weighted by atomic mass is 32.1. The summed E-state index contributed by atoms with van der Waals surface area (Å²) >= 11 is 1.42. The van der Waals surface area contributed by atoms with Gasteiger partial charge in [-0.05, 0) is 25.3 Å². The molecule has 3 heterocycles. The lowest BCUT2D eigenvalue weighted by Gasteiger charge is -2.36. The summed E-state index contributed by atoms with van der Waals surface area (Å²) in [4.78, 5) is 31.4. The van der Waals surface area contributed by atoms with Crippen molar-refractivity contribution in [1.29, 1.82) is 0 Å². The van der Waals surface area contributed by atoms with Crippen molar-refractivity contribution in [3.8, 4) is 0 Å². The first-order valence-corrected chi connectivity index (χ1v) is 7.78. The monoisotopic (exact) mass is 307 g/mol. The van der Waals surface area contributed by atoms with Crippen LogP contribution in [0, 0.1) is 0 Å². The van der Waals surface area contributed by atoms with Crippen LogP contribution in [0.4, 0.5) is 0 Å². The molecular formula is C14H17N3O3S. The Kier molecular flexibility index (Phi) is 3.77. The van der Waals surface area contributed by atoms with E-state index in [1.54, 1.807) is 11.0 Å². The molecule has 1 fully saturated rings. The second kappa shape index (κ2) is 5.57. The standard InChI is InChI=1S/C14H17N3O3S/c1-9-7-20-10(2)5-17(9)12(18)6-16-8-15-13-11(14(16)19)3-4-21-13/h3-4,8-10H,5-7H2,1-2H3. The highest BCUT2D eigenvalue weighted by molar-refractivity contribution is 7.16. The second-order valence-corrected chi connectivity index (χ2v) is 6.25. The van der Waals surface area contributed by atoms with E-state index in [9.17, 15) is 9.59 Å². The molecule has 0 bridgehead atoms. The van der Waals surface area contributed by atoms with Gasteiger partial charge in [0, 0.05) is 6.54 Å². The molecular weight excluding hydrogens is 290 g/mol.